The molecule has 1 amide bonds. The van der Waals surface area contributed by atoms with Crippen molar-refractivity contribution in [2.45, 2.75) is 6.92 Å². The van der Waals surface area contributed by atoms with Crippen molar-refractivity contribution in [2.75, 3.05) is 12.4 Å². The Labute approximate surface area is 211 Å². The average molecular weight is 488 g/mol. The van der Waals surface area contributed by atoms with Crippen molar-refractivity contribution in [3.8, 4) is 28.1 Å². The van der Waals surface area contributed by atoms with Gasteiger partial charge in [-0.25, -0.2) is 4.52 Å². The summed E-state index contributed by atoms with van der Waals surface area (Å²) in [6.07, 6.45) is 0. The third-order valence-electron chi connectivity index (χ3n) is 6.15. The van der Waals surface area contributed by atoms with E-state index in [0.29, 0.717) is 28.4 Å². The molecule has 0 saturated heterocycles. The molecule has 0 radical (unpaired) electrons. The van der Waals surface area contributed by atoms with Crippen molar-refractivity contribution in [3.63, 3.8) is 0 Å². The van der Waals surface area contributed by atoms with E-state index in [9.17, 15) is 4.79 Å². The zero-order valence-electron chi connectivity index (χ0n) is 20.1. The van der Waals surface area contributed by atoms with Crippen LogP contribution in [-0.4, -0.2) is 43.0 Å². The largest absolute Gasteiger partial charge is 0.497 e. The summed E-state index contributed by atoms with van der Waals surface area (Å²) < 4.78 is 6.78. The molecule has 9 nitrogen and oxygen atoms in total. The molecule has 0 aliphatic rings. The van der Waals surface area contributed by atoms with Gasteiger partial charge in [0.2, 0.25) is 5.65 Å². The van der Waals surface area contributed by atoms with Crippen LogP contribution in [0.25, 0.3) is 39.1 Å². The number of benzene rings is 3. The van der Waals surface area contributed by atoms with Gasteiger partial charge in [0, 0.05) is 16.8 Å². The van der Waals surface area contributed by atoms with E-state index in [0.717, 1.165) is 27.8 Å². The van der Waals surface area contributed by atoms with Crippen molar-refractivity contribution < 1.29 is 9.53 Å². The molecule has 1 N–H and O–H groups in total. The number of rotatable bonds is 5. The van der Waals surface area contributed by atoms with Gasteiger partial charge in [-0.2, -0.15) is 0 Å². The number of carbonyl (C=O) groups excluding carboxylic acids is 1. The van der Waals surface area contributed by atoms with E-state index in [1.165, 1.54) is 0 Å². The van der Waals surface area contributed by atoms with Gasteiger partial charge in [0.15, 0.2) is 11.3 Å². The van der Waals surface area contributed by atoms with E-state index in [-0.39, 0.29) is 5.69 Å². The number of nitrogens with zero attached hydrogens (tertiary/aromatic N) is 6. The first kappa shape index (κ1) is 22.3. The van der Waals surface area contributed by atoms with E-state index in [2.05, 4.69) is 30.8 Å². The minimum absolute atomic E-state index is 0.161. The molecule has 0 aliphatic heterocycles. The highest BCUT2D eigenvalue weighted by atomic mass is 16.5. The number of hydrogen-bond acceptors (Lipinski definition) is 7. The topological polar surface area (TPSA) is 107 Å². The summed E-state index contributed by atoms with van der Waals surface area (Å²) in [6.45, 7) is 1.78. The predicted octanol–water partition coefficient (Wildman–Crippen LogP) is 4.97. The Hall–Kier alpha value is -5.18. The van der Waals surface area contributed by atoms with Crippen LogP contribution >= 0.6 is 0 Å². The molecule has 6 rings (SSSR count). The lowest BCUT2D eigenvalue weighted by Gasteiger charge is -2.10. The molecule has 0 spiro atoms. The molecular formula is C28H21N7O2. The van der Waals surface area contributed by atoms with Crippen LogP contribution in [-0.2, 0) is 0 Å². The normalized spacial score (nSPS) is 11.1. The fraction of sp³-hybridized carbons (Fsp3) is 0.0714. The lowest BCUT2D eigenvalue weighted by molar-refractivity contribution is 0.102. The van der Waals surface area contributed by atoms with Crippen LogP contribution in [0.5, 0.6) is 5.75 Å². The molecule has 9 heteroatoms. The maximum atomic E-state index is 13.1. The summed E-state index contributed by atoms with van der Waals surface area (Å²) >= 11 is 0. The van der Waals surface area contributed by atoms with Gasteiger partial charge in [0.05, 0.1) is 18.2 Å². The van der Waals surface area contributed by atoms with E-state index in [1.54, 1.807) is 42.8 Å². The predicted molar refractivity (Wildman–Crippen MR) is 140 cm³/mol. The minimum atomic E-state index is -0.393. The Kier molecular flexibility index (Phi) is 5.49. The number of methoxy groups -OCH3 is 1. The smallest absolute Gasteiger partial charge is 0.278 e. The van der Waals surface area contributed by atoms with Crippen LogP contribution in [0, 0.1) is 6.92 Å². The molecule has 0 atom stereocenters. The summed E-state index contributed by atoms with van der Waals surface area (Å²) in [5.74, 6) is 0.305. The van der Waals surface area contributed by atoms with E-state index < -0.39 is 5.91 Å². The highest BCUT2D eigenvalue weighted by Crippen LogP contribution is 2.37. The van der Waals surface area contributed by atoms with Crippen LogP contribution in [0.2, 0.25) is 0 Å². The van der Waals surface area contributed by atoms with Crippen LogP contribution in [0.15, 0.2) is 84.9 Å². The Morgan fingerprint density at radius 3 is 2.16 bits per heavy atom. The highest BCUT2D eigenvalue weighted by Gasteiger charge is 2.23. The van der Waals surface area contributed by atoms with Gasteiger partial charge in [-0.05, 0) is 36.8 Å². The standard InChI is InChI=1S/C28H21N7O2/c1-17-24(28(36)29-20-13-15-21(37-2)16-14-20)30-33-27-23-22(18-9-5-3-6-10-18)25(19-11-7-4-8-12-19)31-32-26(23)34-35(17)27/h3-16H,1-2H3,(H,29,36). The molecular weight excluding hydrogens is 466 g/mol. The fourth-order valence-electron chi connectivity index (χ4n) is 4.31. The second-order valence-corrected chi connectivity index (χ2v) is 8.41. The number of fused-ring (bicyclic) bond motifs is 3. The molecule has 0 fully saturated rings. The molecule has 180 valence electrons. The number of hydrogen-bond donors (Lipinski definition) is 1. The van der Waals surface area contributed by atoms with Crippen molar-refractivity contribution in [3.05, 3.63) is 96.3 Å². The van der Waals surface area contributed by atoms with Gasteiger partial charge in [-0.3, -0.25) is 4.79 Å². The van der Waals surface area contributed by atoms with Crippen LogP contribution in [0.4, 0.5) is 5.69 Å². The Balaban J connectivity index is 1.51. The van der Waals surface area contributed by atoms with Gasteiger partial charge in [0.25, 0.3) is 5.91 Å². The molecule has 3 heterocycles. The number of carbonyl (C=O) groups is 1. The summed E-state index contributed by atoms with van der Waals surface area (Å²) in [4.78, 5) is 13.1. The quantitative estimate of drug-likeness (QED) is 0.366. The number of amides is 1. The van der Waals surface area contributed by atoms with E-state index >= 15 is 0 Å². The SMILES string of the molecule is COc1ccc(NC(=O)c2nnc3c4c(-c5ccccc5)c(-c5ccccc5)nnc4nn3c2C)cc1. The van der Waals surface area contributed by atoms with E-state index in [1.807, 2.05) is 60.7 Å². The Morgan fingerprint density at radius 1 is 0.811 bits per heavy atom. The number of aryl methyl sites for hydroxylation is 1. The molecule has 3 aromatic carbocycles. The maximum Gasteiger partial charge on any atom is 0.278 e. The first-order valence-corrected chi connectivity index (χ1v) is 11.6. The molecule has 0 saturated carbocycles. The zero-order chi connectivity index (χ0) is 25.4. The van der Waals surface area contributed by atoms with Gasteiger partial charge < -0.3 is 10.1 Å². The molecule has 3 aromatic heterocycles. The molecule has 0 aliphatic carbocycles. The lowest BCUT2D eigenvalue weighted by Crippen LogP contribution is -2.18. The summed E-state index contributed by atoms with van der Waals surface area (Å²) in [7, 11) is 1.59. The minimum Gasteiger partial charge on any atom is -0.497 e. The van der Waals surface area contributed by atoms with Crippen LogP contribution in [0.1, 0.15) is 16.2 Å². The third-order valence-corrected chi connectivity index (χ3v) is 6.15. The van der Waals surface area contributed by atoms with Crippen LogP contribution in [0.3, 0.4) is 0 Å². The van der Waals surface area contributed by atoms with Crippen molar-refractivity contribution in [1.82, 2.24) is 30.0 Å². The second-order valence-electron chi connectivity index (χ2n) is 8.41. The number of anilines is 1. The van der Waals surface area contributed by atoms with Gasteiger partial charge in [-0.15, -0.1) is 25.5 Å². The van der Waals surface area contributed by atoms with Crippen molar-refractivity contribution >= 4 is 28.3 Å². The summed E-state index contributed by atoms with van der Waals surface area (Å²) in [6, 6.07) is 26.9. The fourth-order valence-corrected chi connectivity index (χ4v) is 4.31. The summed E-state index contributed by atoms with van der Waals surface area (Å²) in [5.41, 5.74) is 5.69. The average Bonchev–Trinajstić information content (AvgIpc) is 3.34. The Morgan fingerprint density at radius 2 is 1.49 bits per heavy atom. The molecule has 6 aromatic rings. The molecule has 37 heavy (non-hydrogen) atoms. The third kappa shape index (κ3) is 3.92. The second kappa shape index (κ2) is 9.12. The van der Waals surface area contributed by atoms with E-state index in [4.69, 9.17) is 4.74 Å². The highest BCUT2D eigenvalue weighted by molar-refractivity contribution is 6.08. The number of ether oxygens (including phenoxy) is 1. The van der Waals surface area contributed by atoms with Crippen molar-refractivity contribution in [1.29, 1.82) is 0 Å². The van der Waals surface area contributed by atoms with Gasteiger partial charge in [-0.1, -0.05) is 60.7 Å². The monoisotopic (exact) mass is 487 g/mol. The van der Waals surface area contributed by atoms with Gasteiger partial charge in [0.1, 0.15) is 11.4 Å². The molecule has 0 unspecified atom stereocenters. The number of aromatic nitrogens is 6. The van der Waals surface area contributed by atoms with Crippen LogP contribution < -0.4 is 10.1 Å². The molecule has 0 bridgehead atoms. The maximum absolute atomic E-state index is 13.1. The summed E-state index contributed by atoms with van der Waals surface area (Å²) in [5, 5.41) is 25.9. The van der Waals surface area contributed by atoms with Crippen molar-refractivity contribution in [2.24, 2.45) is 0 Å². The van der Waals surface area contributed by atoms with Gasteiger partial charge >= 0.3 is 0 Å². The first-order chi connectivity index (χ1) is 18.1. The number of nitrogens with one attached hydrogen (secondary N) is 1. The zero-order valence-corrected chi connectivity index (χ0v) is 20.1. The lowest BCUT2D eigenvalue weighted by atomic mass is 9.97. The first-order valence-electron chi connectivity index (χ1n) is 11.6. The Bertz CT molecular complexity index is 1750.